The van der Waals surface area contributed by atoms with E-state index < -0.39 is 12.5 Å². The molecule has 1 aromatic rings. The Kier molecular flexibility index (Phi) is 5.11. The third-order valence-corrected chi connectivity index (χ3v) is 2.62. The molecular formula is C10H12BrF2NO2. The minimum Gasteiger partial charge on any atom is -0.507 e. The van der Waals surface area contributed by atoms with Crippen LogP contribution in [0, 0.1) is 0 Å². The molecule has 6 heteroatoms. The third kappa shape index (κ3) is 4.03. The second kappa shape index (κ2) is 6.12. The smallest absolute Gasteiger partial charge is 0.265 e. The van der Waals surface area contributed by atoms with Crippen molar-refractivity contribution in [1.82, 2.24) is 5.32 Å². The Hall–Kier alpha value is -0.720. The number of phenols is 1. The summed E-state index contributed by atoms with van der Waals surface area (Å²) < 4.78 is 24.4. The first-order chi connectivity index (χ1) is 7.50. The monoisotopic (exact) mass is 295 g/mol. The topological polar surface area (TPSA) is 52.5 Å². The van der Waals surface area contributed by atoms with Gasteiger partial charge in [-0.15, -0.1) is 0 Å². The summed E-state index contributed by atoms with van der Waals surface area (Å²) in [6.45, 7) is 0.179. The lowest BCUT2D eigenvalue weighted by molar-refractivity contribution is -0.00340. The second-order valence-corrected chi connectivity index (χ2v) is 4.17. The van der Waals surface area contributed by atoms with E-state index in [2.05, 4.69) is 21.2 Å². The molecule has 1 unspecified atom stereocenters. The van der Waals surface area contributed by atoms with Gasteiger partial charge in [0.25, 0.3) is 6.43 Å². The zero-order valence-corrected chi connectivity index (χ0v) is 9.92. The number of aromatic hydroxyl groups is 1. The average molecular weight is 296 g/mol. The number of halogens is 3. The van der Waals surface area contributed by atoms with Gasteiger partial charge in [0.05, 0.1) is 4.47 Å². The predicted octanol–water partition coefficient (Wildman–Crippen LogP) is 1.87. The van der Waals surface area contributed by atoms with Gasteiger partial charge in [-0.05, 0) is 33.6 Å². The van der Waals surface area contributed by atoms with Crippen LogP contribution in [0.2, 0.25) is 0 Å². The van der Waals surface area contributed by atoms with Crippen LogP contribution in [0.1, 0.15) is 5.56 Å². The maximum absolute atomic E-state index is 11.9. The summed E-state index contributed by atoms with van der Waals surface area (Å²) in [4.78, 5) is 0. The summed E-state index contributed by atoms with van der Waals surface area (Å²) in [5, 5.41) is 20.8. The molecule has 16 heavy (non-hydrogen) atoms. The zero-order valence-electron chi connectivity index (χ0n) is 8.33. The van der Waals surface area contributed by atoms with Gasteiger partial charge in [0, 0.05) is 13.1 Å². The van der Waals surface area contributed by atoms with Crippen LogP contribution >= 0.6 is 15.9 Å². The van der Waals surface area contributed by atoms with Gasteiger partial charge in [-0.25, -0.2) is 8.78 Å². The Morgan fingerprint density at radius 2 is 2.06 bits per heavy atom. The van der Waals surface area contributed by atoms with E-state index in [1.807, 2.05) is 0 Å². The standard InChI is InChI=1S/C10H12BrF2NO2/c11-7-3-6(1-2-8(7)15)4-14-5-9(16)10(12)13/h1-3,9-10,14-16H,4-5H2. The summed E-state index contributed by atoms with van der Waals surface area (Å²) in [6, 6.07) is 4.85. The van der Waals surface area contributed by atoms with Crippen LogP contribution < -0.4 is 5.32 Å². The quantitative estimate of drug-likeness (QED) is 0.777. The lowest BCUT2D eigenvalue weighted by atomic mass is 10.2. The van der Waals surface area contributed by atoms with E-state index in [4.69, 9.17) is 5.11 Å². The molecule has 0 fully saturated rings. The van der Waals surface area contributed by atoms with Crippen molar-refractivity contribution in [2.45, 2.75) is 19.1 Å². The van der Waals surface area contributed by atoms with Crippen molar-refractivity contribution in [3.8, 4) is 5.75 Å². The summed E-state index contributed by atoms with van der Waals surface area (Å²) >= 11 is 3.14. The Balaban J connectivity index is 2.40. The minimum absolute atomic E-state index is 0.122. The normalized spacial score (nSPS) is 13.1. The number of alkyl halides is 2. The maximum Gasteiger partial charge on any atom is 0.265 e. The molecule has 0 saturated heterocycles. The van der Waals surface area contributed by atoms with E-state index in [1.54, 1.807) is 12.1 Å². The van der Waals surface area contributed by atoms with Crippen LogP contribution in [0.25, 0.3) is 0 Å². The number of benzene rings is 1. The van der Waals surface area contributed by atoms with Gasteiger partial charge < -0.3 is 15.5 Å². The third-order valence-electron chi connectivity index (χ3n) is 1.99. The van der Waals surface area contributed by atoms with Crippen molar-refractivity contribution in [3.05, 3.63) is 28.2 Å². The highest BCUT2D eigenvalue weighted by atomic mass is 79.9. The molecule has 3 N–H and O–H groups in total. The average Bonchev–Trinajstić information content (AvgIpc) is 2.23. The van der Waals surface area contributed by atoms with E-state index in [-0.39, 0.29) is 12.3 Å². The summed E-state index contributed by atoms with van der Waals surface area (Å²) in [5.41, 5.74) is 0.825. The van der Waals surface area contributed by atoms with Gasteiger partial charge in [-0.3, -0.25) is 0 Å². The van der Waals surface area contributed by atoms with Crippen LogP contribution in [0.15, 0.2) is 22.7 Å². The van der Waals surface area contributed by atoms with Crippen molar-refractivity contribution in [2.24, 2.45) is 0 Å². The minimum atomic E-state index is -2.74. The predicted molar refractivity (Wildman–Crippen MR) is 59.5 cm³/mol. The van der Waals surface area contributed by atoms with Crippen LogP contribution in [-0.2, 0) is 6.54 Å². The second-order valence-electron chi connectivity index (χ2n) is 3.32. The van der Waals surface area contributed by atoms with Gasteiger partial charge in [0.1, 0.15) is 11.9 Å². The van der Waals surface area contributed by atoms with Crippen molar-refractivity contribution in [3.63, 3.8) is 0 Å². The van der Waals surface area contributed by atoms with E-state index in [1.165, 1.54) is 6.07 Å². The fourth-order valence-electron chi connectivity index (χ4n) is 1.11. The van der Waals surface area contributed by atoms with Crippen LogP contribution in [0.4, 0.5) is 8.78 Å². The van der Waals surface area contributed by atoms with E-state index >= 15 is 0 Å². The highest BCUT2D eigenvalue weighted by Gasteiger charge is 2.15. The lowest BCUT2D eigenvalue weighted by Gasteiger charge is -2.10. The van der Waals surface area contributed by atoms with Gasteiger partial charge in [0.15, 0.2) is 0 Å². The molecule has 0 aliphatic carbocycles. The SMILES string of the molecule is Oc1ccc(CNCC(O)C(F)F)cc1Br. The molecule has 3 nitrogen and oxygen atoms in total. The molecule has 0 radical (unpaired) electrons. The molecule has 90 valence electrons. The number of aliphatic hydroxyl groups excluding tert-OH is 1. The highest BCUT2D eigenvalue weighted by Crippen LogP contribution is 2.24. The Bertz CT molecular complexity index is 350. The summed E-state index contributed by atoms with van der Waals surface area (Å²) in [6.07, 6.45) is -4.39. The molecule has 0 amide bonds. The molecule has 0 saturated carbocycles. The van der Waals surface area contributed by atoms with Crippen molar-refractivity contribution in [2.75, 3.05) is 6.54 Å². The maximum atomic E-state index is 11.9. The molecule has 0 aliphatic rings. The number of aliphatic hydroxyl groups is 1. The van der Waals surface area contributed by atoms with E-state index in [0.29, 0.717) is 11.0 Å². The molecular weight excluding hydrogens is 284 g/mol. The van der Waals surface area contributed by atoms with Crippen LogP contribution in [0.3, 0.4) is 0 Å². The van der Waals surface area contributed by atoms with Crippen LogP contribution in [-0.4, -0.2) is 29.3 Å². The molecule has 0 aromatic heterocycles. The molecule has 1 atom stereocenters. The van der Waals surface area contributed by atoms with Gasteiger partial charge >= 0.3 is 0 Å². The van der Waals surface area contributed by atoms with Crippen LogP contribution in [0.5, 0.6) is 5.75 Å². The fourth-order valence-corrected chi connectivity index (χ4v) is 1.54. The number of hydrogen-bond donors (Lipinski definition) is 3. The first-order valence-corrected chi connectivity index (χ1v) is 5.44. The first-order valence-electron chi connectivity index (χ1n) is 4.65. The number of nitrogens with one attached hydrogen (secondary N) is 1. The number of phenolic OH excluding ortho intramolecular Hbond substituents is 1. The zero-order chi connectivity index (χ0) is 12.1. The lowest BCUT2D eigenvalue weighted by Crippen LogP contribution is -2.31. The van der Waals surface area contributed by atoms with Gasteiger partial charge in [0.2, 0.25) is 0 Å². The Labute approximate surface area is 100 Å². The number of hydrogen-bond acceptors (Lipinski definition) is 3. The molecule has 0 aliphatic heterocycles. The molecule has 0 spiro atoms. The van der Waals surface area contributed by atoms with Gasteiger partial charge in [-0.2, -0.15) is 0 Å². The van der Waals surface area contributed by atoms with Gasteiger partial charge in [-0.1, -0.05) is 6.07 Å². The Morgan fingerprint density at radius 1 is 1.38 bits per heavy atom. The Morgan fingerprint density at radius 3 is 2.62 bits per heavy atom. The van der Waals surface area contributed by atoms with Crippen molar-refractivity contribution >= 4 is 15.9 Å². The van der Waals surface area contributed by atoms with E-state index in [9.17, 15) is 13.9 Å². The molecule has 0 bridgehead atoms. The van der Waals surface area contributed by atoms with E-state index in [0.717, 1.165) is 5.56 Å². The molecule has 1 aromatic carbocycles. The van der Waals surface area contributed by atoms with Crippen molar-refractivity contribution < 1.29 is 19.0 Å². The summed E-state index contributed by atoms with van der Waals surface area (Å²) in [7, 11) is 0. The fraction of sp³-hybridized carbons (Fsp3) is 0.400. The first kappa shape index (κ1) is 13.3. The summed E-state index contributed by atoms with van der Waals surface area (Å²) in [5.74, 6) is 0.122. The molecule has 1 rings (SSSR count). The largest absolute Gasteiger partial charge is 0.507 e. The molecule has 0 heterocycles. The highest BCUT2D eigenvalue weighted by molar-refractivity contribution is 9.10. The van der Waals surface area contributed by atoms with Crippen molar-refractivity contribution in [1.29, 1.82) is 0 Å². The number of rotatable bonds is 5.